The highest BCUT2D eigenvalue weighted by Crippen LogP contribution is 2.20. The van der Waals surface area contributed by atoms with E-state index in [-0.39, 0.29) is 0 Å². The summed E-state index contributed by atoms with van der Waals surface area (Å²) >= 11 is 5.89. The molecule has 1 heterocycles. The molecule has 1 atom stereocenters. The van der Waals surface area contributed by atoms with Crippen LogP contribution in [0.1, 0.15) is 18.3 Å². The third-order valence-corrected chi connectivity index (χ3v) is 3.44. The zero-order valence-electron chi connectivity index (χ0n) is 11.8. The van der Waals surface area contributed by atoms with Gasteiger partial charge in [-0.3, -0.25) is 0 Å². The minimum atomic E-state index is 0.456. The smallest absolute Gasteiger partial charge is 0.111 e. The van der Waals surface area contributed by atoms with Crippen LogP contribution in [0.4, 0.5) is 0 Å². The van der Waals surface area contributed by atoms with E-state index in [4.69, 9.17) is 21.3 Å². The van der Waals surface area contributed by atoms with Gasteiger partial charge in [-0.25, -0.2) is 4.98 Å². The highest BCUT2D eigenvalue weighted by molar-refractivity contribution is 6.17. The molecule has 0 saturated carbocycles. The maximum absolute atomic E-state index is 5.89. The second kappa shape index (κ2) is 6.40. The number of methoxy groups -OCH3 is 1. The van der Waals surface area contributed by atoms with Gasteiger partial charge in [0, 0.05) is 26.0 Å². The highest BCUT2D eigenvalue weighted by Gasteiger charge is 2.13. The summed E-state index contributed by atoms with van der Waals surface area (Å²) in [4.78, 5) is 4.69. The van der Waals surface area contributed by atoms with E-state index >= 15 is 0 Å². The van der Waals surface area contributed by atoms with E-state index in [1.807, 2.05) is 0 Å². The molecule has 1 aromatic heterocycles. The number of ether oxygens (including phenoxy) is 1. The molecular weight excluding hydrogens is 260 g/mol. The van der Waals surface area contributed by atoms with Gasteiger partial charge in [-0.2, -0.15) is 0 Å². The third-order valence-electron chi connectivity index (χ3n) is 3.25. The van der Waals surface area contributed by atoms with Crippen LogP contribution in [-0.4, -0.2) is 29.1 Å². The molecule has 0 aliphatic rings. The van der Waals surface area contributed by atoms with Crippen molar-refractivity contribution in [1.29, 1.82) is 0 Å². The average Bonchev–Trinajstić information content (AvgIpc) is 2.68. The highest BCUT2D eigenvalue weighted by atomic mass is 35.5. The summed E-state index contributed by atoms with van der Waals surface area (Å²) < 4.78 is 7.51. The number of aromatic nitrogens is 2. The lowest BCUT2D eigenvalue weighted by Crippen LogP contribution is -2.15. The number of rotatable bonds is 6. The van der Waals surface area contributed by atoms with Crippen LogP contribution in [0, 0.1) is 12.8 Å². The molecule has 104 valence electrons. The molecule has 0 aliphatic carbocycles. The van der Waals surface area contributed by atoms with Gasteiger partial charge in [-0.15, -0.1) is 11.6 Å². The topological polar surface area (TPSA) is 27.1 Å². The molecule has 1 unspecified atom stereocenters. The first-order valence-electron chi connectivity index (χ1n) is 6.66. The molecule has 0 N–H and O–H groups in total. The van der Waals surface area contributed by atoms with Crippen molar-refractivity contribution in [2.75, 3.05) is 19.6 Å². The van der Waals surface area contributed by atoms with Gasteiger partial charge in [0.2, 0.25) is 0 Å². The minimum absolute atomic E-state index is 0.456. The summed E-state index contributed by atoms with van der Waals surface area (Å²) in [7, 11) is 1.74. The lowest BCUT2D eigenvalue weighted by Gasteiger charge is -2.14. The second-order valence-electron chi connectivity index (χ2n) is 5.13. The van der Waals surface area contributed by atoms with E-state index in [1.165, 1.54) is 11.1 Å². The van der Waals surface area contributed by atoms with Crippen LogP contribution in [0.5, 0.6) is 0 Å². The molecule has 2 rings (SSSR count). The zero-order valence-corrected chi connectivity index (χ0v) is 12.6. The van der Waals surface area contributed by atoms with Crippen LogP contribution in [0.25, 0.3) is 11.0 Å². The Labute approximate surface area is 119 Å². The third kappa shape index (κ3) is 3.28. The van der Waals surface area contributed by atoms with E-state index in [2.05, 4.69) is 36.6 Å². The van der Waals surface area contributed by atoms with Gasteiger partial charge in [0.25, 0.3) is 0 Å². The fourth-order valence-electron chi connectivity index (χ4n) is 2.41. The number of alkyl halides is 1. The molecule has 1 aromatic carbocycles. The zero-order chi connectivity index (χ0) is 13.8. The Morgan fingerprint density at radius 1 is 1.42 bits per heavy atom. The van der Waals surface area contributed by atoms with Crippen LogP contribution < -0.4 is 0 Å². The fourth-order valence-corrected chi connectivity index (χ4v) is 2.58. The van der Waals surface area contributed by atoms with Gasteiger partial charge in [0.1, 0.15) is 5.82 Å². The summed E-state index contributed by atoms with van der Waals surface area (Å²) in [5, 5.41) is 0. The van der Waals surface area contributed by atoms with Gasteiger partial charge in [-0.05, 0) is 30.5 Å². The first kappa shape index (κ1) is 14.4. The Morgan fingerprint density at radius 2 is 2.21 bits per heavy atom. The minimum Gasteiger partial charge on any atom is -0.384 e. The Hall–Kier alpha value is -1.06. The molecule has 0 bridgehead atoms. The summed E-state index contributed by atoms with van der Waals surface area (Å²) in [6.45, 7) is 5.97. The molecule has 0 aliphatic heterocycles. The van der Waals surface area contributed by atoms with E-state index in [1.54, 1.807) is 7.11 Å². The van der Waals surface area contributed by atoms with Crippen molar-refractivity contribution in [3.8, 4) is 0 Å². The number of benzene rings is 1. The van der Waals surface area contributed by atoms with Crippen LogP contribution in [0.2, 0.25) is 0 Å². The Balaban J connectivity index is 2.41. The Kier molecular flexibility index (Phi) is 4.83. The van der Waals surface area contributed by atoms with Gasteiger partial charge in [0.05, 0.1) is 17.6 Å². The molecule has 0 radical (unpaired) electrons. The van der Waals surface area contributed by atoms with Gasteiger partial charge in [0.15, 0.2) is 0 Å². The second-order valence-corrected chi connectivity index (χ2v) is 5.51. The number of hydrogen-bond donors (Lipinski definition) is 0. The summed E-state index contributed by atoms with van der Waals surface area (Å²) in [5.41, 5.74) is 3.50. The molecule has 4 heteroatoms. The van der Waals surface area contributed by atoms with Crippen LogP contribution >= 0.6 is 11.6 Å². The van der Waals surface area contributed by atoms with Crippen molar-refractivity contribution in [3.05, 3.63) is 29.6 Å². The van der Waals surface area contributed by atoms with Gasteiger partial charge >= 0.3 is 0 Å². The summed E-state index contributed by atoms with van der Waals surface area (Å²) in [6, 6.07) is 6.38. The Bertz CT molecular complexity index is 550. The standard InChI is InChI=1S/C15H21ClN2O/c1-11-4-5-13-14(8-11)18(9-12(2)10-19-3)15(17-13)6-7-16/h4-5,8,12H,6-7,9-10H2,1-3H3. The summed E-state index contributed by atoms with van der Waals surface area (Å²) in [6.07, 6.45) is 0.801. The molecule has 2 aromatic rings. The average molecular weight is 281 g/mol. The van der Waals surface area contributed by atoms with Gasteiger partial charge < -0.3 is 9.30 Å². The molecule has 0 amide bonds. The van der Waals surface area contributed by atoms with E-state index in [0.29, 0.717) is 11.8 Å². The molecule has 19 heavy (non-hydrogen) atoms. The largest absolute Gasteiger partial charge is 0.384 e. The van der Waals surface area contributed by atoms with Crippen molar-refractivity contribution >= 4 is 22.6 Å². The lowest BCUT2D eigenvalue weighted by molar-refractivity contribution is 0.151. The number of aryl methyl sites for hydroxylation is 2. The first-order chi connectivity index (χ1) is 9.15. The molecule has 0 fully saturated rings. The van der Waals surface area contributed by atoms with Gasteiger partial charge in [-0.1, -0.05) is 13.0 Å². The lowest BCUT2D eigenvalue weighted by atomic mass is 10.2. The number of nitrogens with zero attached hydrogens (tertiary/aromatic N) is 2. The maximum Gasteiger partial charge on any atom is 0.111 e. The van der Waals surface area contributed by atoms with E-state index < -0.39 is 0 Å². The van der Waals surface area contributed by atoms with Crippen molar-refractivity contribution in [2.24, 2.45) is 5.92 Å². The predicted molar refractivity (Wildman–Crippen MR) is 79.9 cm³/mol. The number of fused-ring (bicyclic) bond motifs is 1. The van der Waals surface area contributed by atoms with Crippen molar-refractivity contribution < 1.29 is 4.74 Å². The monoisotopic (exact) mass is 280 g/mol. The number of imidazole rings is 1. The maximum atomic E-state index is 5.89. The van der Waals surface area contributed by atoms with Crippen LogP contribution in [0.3, 0.4) is 0 Å². The molecule has 0 spiro atoms. The summed E-state index contributed by atoms with van der Waals surface area (Å²) in [5.74, 6) is 2.12. The van der Waals surface area contributed by atoms with E-state index in [0.717, 1.165) is 30.9 Å². The number of halogens is 1. The number of hydrogen-bond acceptors (Lipinski definition) is 2. The first-order valence-corrected chi connectivity index (χ1v) is 7.19. The normalized spacial score (nSPS) is 13.1. The quantitative estimate of drug-likeness (QED) is 0.758. The van der Waals surface area contributed by atoms with Crippen LogP contribution in [-0.2, 0) is 17.7 Å². The van der Waals surface area contributed by atoms with E-state index in [9.17, 15) is 0 Å². The fraction of sp³-hybridized carbons (Fsp3) is 0.533. The Morgan fingerprint density at radius 3 is 2.89 bits per heavy atom. The molecule has 3 nitrogen and oxygen atoms in total. The molecular formula is C15H21ClN2O. The predicted octanol–water partition coefficient (Wildman–Crippen LogP) is 3.41. The van der Waals surface area contributed by atoms with Crippen LogP contribution in [0.15, 0.2) is 18.2 Å². The molecule has 0 saturated heterocycles. The SMILES string of the molecule is COCC(C)Cn1c(CCCl)nc2ccc(C)cc21. The van der Waals surface area contributed by atoms with Crippen molar-refractivity contribution in [2.45, 2.75) is 26.8 Å². The van der Waals surface area contributed by atoms with Crippen molar-refractivity contribution in [1.82, 2.24) is 9.55 Å². The van der Waals surface area contributed by atoms with Crippen molar-refractivity contribution in [3.63, 3.8) is 0 Å².